The van der Waals surface area contributed by atoms with E-state index in [9.17, 15) is 24.3 Å². The van der Waals surface area contributed by atoms with Gasteiger partial charge < -0.3 is 14.4 Å². The summed E-state index contributed by atoms with van der Waals surface area (Å²) in [4.78, 5) is 51.8. The molecular formula is C28H26ClNO6S. The number of pyridine rings is 1. The number of thiophene rings is 1. The second-order valence-corrected chi connectivity index (χ2v) is 11.3. The zero-order chi connectivity index (χ0) is 26.3. The van der Waals surface area contributed by atoms with Crippen molar-refractivity contribution in [2.45, 2.75) is 44.6 Å². The number of carboxylic acid groups (broad SMARTS) is 1. The van der Waals surface area contributed by atoms with Gasteiger partial charge in [-0.1, -0.05) is 17.7 Å². The van der Waals surface area contributed by atoms with E-state index in [1.807, 2.05) is 12.1 Å². The first-order valence-electron chi connectivity index (χ1n) is 12.1. The summed E-state index contributed by atoms with van der Waals surface area (Å²) >= 11 is 7.37. The summed E-state index contributed by atoms with van der Waals surface area (Å²) in [5.74, 6) is -1.35. The van der Waals surface area contributed by atoms with Crippen LogP contribution in [0.2, 0.25) is 5.02 Å². The molecule has 0 amide bonds. The quantitative estimate of drug-likeness (QED) is 0.420. The van der Waals surface area contributed by atoms with Crippen LogP contribution < -0.4 is 5.56 Å². The Morgan fingerprint density at radius 3 is 2.59 bits per heavy atom. The number of aromatic nitrogens is 1. The molecule has 37 heavy (non-hydrogen) atoms. The first kappa shape index (κ1) is 25.6. The third kappa shape index (κ3) is 5.19. The first-order valence-corrected chi connectivity index (χ1v) is 13.4. The van der Waals surface area contributed by atoms with Crippen LogP contribution >= 0.6 is 22.9 Å². The van der Waals surface area contributed by atoms with E-state index in [-0.39, 0.29) is 41.3 Å². The number of rotatable bonds is 8. The number of hydrogen-bond donors (Lipinski definition) is 1. The van der Waals surface area contributed by atoms with E-state index in [1.54, 1.807) is 11.4 Å². The van der Waals surface area contributed by atoms with Crippen molar-refractivity contribution in [2.75, 3.05) is 13.7 Å². The summed E-state index contributed by atoms with van der Waals surface area (Å²) in [6.45, 7) is 0.236. The van der Waals surface area contributed by atoms with Gasteiger partial charge in [-0.05, 0) is 76.9 Å². The molecule has 1 spiro atoms. The number of benzene rings is 1. The van der Waals surface area contributed by atoms with E-state index in [0.29, 0.717) is 28.1 Å². The van der Waals surface area contributed by atoms with Crippen molar-refractivity contribution in [3.05, 3.63) is 78.9 Å². The van der Waals surface area contributed by atoms with Crippen molar-refractivity contribution in [1.29, 1.82) is 0 Å². The van der Waals surface area contributed by atoms with Crippen molar-refractivity contribution in [3.8, 4) is 11.1 Å². The van der Waals surface area contributed by atoms with Crippen LogP contribution in [0.15, 0.2) is 46.7 Å². The van der Waals surface area contributed by atoms with Gasteiger partial charge in [-0.15, -0.1) is 11.3 Å². The third-order valence-corrected chi connectivity index (χ3v) is 8.55. The summed E-state index contributed by atoms with van der Waals surface area (Å²) in [7, 11) is 1.52. The Bertz CT molecular complexity index is 1470. The van der Waals surface area contributed by atoms with Crippen LogP contribution in [0.25, 0.3) is 11.1 Å². The summed E-state index contributed by atoms with van der Waals surface area (Å²) in [5, 5.41) is 11.4. The average Bonchev–Trinajstić information content (AvgIpc) is 3.43. The summed E-state index contributed by atoms with van der Waals surface area (Å²) in [6, 6.07) is 7.66. The molecule has 0 aliphatic heterocycles. The second-order valence-electron chi connectivity index (χ2n) is 9.99. The molecule has 5 rings (SSSR count). The Hall–Kier alpha value is -3.07. The number of nitrogens with zero attached hydrogens (tertiary/aromatic N) is 1. The van der Waals surface area contributed by atoms with Gasteiger partial charge in [0.15, 0.2) is 11.6 Å². The molecule has 192 valence electrons. The molecule has 2 aliphatic carbocycles. The number of Topliss-reactive ketones (excluding diaryl/α,β-unsaturated/α-hetero) is 2. The van der Waals surface area contributed by atoms with Gasteiger partial charge in [-0.2, -0.15) is 0 Å². The third-order valence-electron chi connectivity index (χ3n) is 7.35. The number of carbonyl (C=O) groups is 3. The van der Waals surface area contributed by atoms with Gasteiger partial charge in [0.2, 0.25) is 0 Å². The number of hydrogen-bond acceptors (Lipinski definition) is 6. The highest BCUT2D eigenvalue weighted by Crippen LogP contribution is 2.54. The maximum absolute atomic E-state index is 13.5. The van der Waals surface area contributed by atoms with Gasteiger partial charge >= 0.3 is 5.97 Å². The van der Waals surface area contributed by atoms with Crippen LogP contribution in [0.3, 0.4) is 0 Å². The SMILES string of the molecule is COCCC(C(=O)Cc1csc(C(=O)O)c1)n1cc2c(cc1=O)-c1cc(Cl)ccc1CC1(CC1)CC2=O. The zero-order valence-electron chi connectivity index (χ0n) is 20.3. The van der Waals surface area contributed by atoms with Crippen molar-refractivity contribution in [3.63, 3.8) is 0 Å². The minimum Gasteiger partial charge on any atom is -0.477 e. The topological polar surface area (TPSA) is 103 Å². The summed E-state index contributed by atoms with van der Waals surface area (Å²) < 4.78 is 6.55. The molecule has 7 nitrogen and oxygen atoms in total. The van der Waals surface area contributed by atoms with Gasteiger partial charge in [0, 0.05) is 49.4 Å². The minimum atomic E-state index is -1.05. The molecule has 0 bridgehead atoms. The molecule has 1 atom stereocenters. The highest BCUT2D eigenvalue weighted by atomic mass is 35.5. The molecule has 0 radical (unpaired) electrons. The van der Waals surface area contributed by atoms with Crippen molar-refractivity contribution < 1.29 is 24.2 Å². The highest BCUT2D eigenvalue weighted by molar-refractivity contribution is 7.12. The first-order chi connectivity index (χ1) is 17.7. The standard InChI is InChI=1S/C28H26ClNO6S/c1-36-7-4-22(23(31)8-16-9-25(27(34)35)37-15-16)30-14-21-20(11-26(30)33)19-10-18(29)3-2-17(19)12-28(5-6-28)13-24(21)32/h2-3,9-11,14-15,22H,4-8,12-13H2,1H3,(H,34,35). The monoisotopic (exact) mass is 539 g/mol. The number of ketones is 2. The van der Waals surface area contributed by atoms with Crippen LogP contribution in [0.4, 0.5) is 0 Å². The predicted molar refractivity (Wildman–Crippen MR) is 141 cm³/mol. The fourth-order valence-electron chi connectivity index (χ4n) is 5.21. The zero-order valence-corrected chi connectivity index (χ0v) is 21.9. The van der Waals surface area contributed by atoms with Crippen molar-refractivity contribution in [1.82, 2.24) is 4.57 Å². The van der Waals surface area contributed by atoms with E-state index in [4.69, 9.17) is 16.3 Å². The Balaban J connectivity index is 1.58. The Labute approximate surface area is 222 Å². The van der Waals surface area contributed by atoms with E-state index in [2.05, 4.69) is 0 Å². The second kappa shape index (κ2) is 10.0. The lowest BCUT2D eigenvalue weighted by atomic mass is 9.81. The molecule has 2 aliphatic rings. The number of halogens is 1. The molecule has 2 heterocycles. The van der Waals surface area contributed by atoms with Crippen LogP contribution in [0, 0.1) is 5.41 Å². The molecule has 3 aromatic rings. The van der Waals surface area contributed by atoms with Crippen LogP contribution in [-0.2, 0) is 22.4 Å². The number of methoxy groups -OCH3 is 1. The fraction of sp³-hybridized carbons (Fsp3) is 0.357. The minimum absolute atomic E-state index is 0.0306. The van der Waals surface area contributed by atoms with Crippen molar-refractivity contribution in [2.24, 2.45) is 5.41 Å². The van der Waals surface area contributed by atoms with Gasteiger partial charge in [-0.25, -0.2) is 4.79 Å². The van der Waals surface area contributed by atoms with Gasteiger partial charge in [0.05, 0.1) is 6.04 Å². The smallest absolute Gasteiger partial charge is 0.345 e. The number of fused-ring (bicyclic) bond motifs is 3. The Morgan fingerprint density at radius 2 is 1.92 bits per heavy atom. The van der Waals surface area contributed by atoms with E-state index < -0.39 is 17.6 Å². The van der Waals surface area contributed by atoms with Crippen LogP contribution in [-0.4, -0.2) is 40.9 Å². The molecule has 1 N–H and O–H groups in total. The lowest BCUT2D eigenvalue weighted by Gasteiger charge is -2.25. The summed E-state index contributed by atoms with van der Waals surface area (Å²) in [6.07, 6.45) is 4.85. The Kier molecular flexibility index (Phi) is 6.91. The van der Waals surface area contributed by atoms with Crippen LogP contribution in [0.5, 0.6) is 0 Å². The Morgan fingerprint density at radius 1 is 1.14 bits per heavy atom. The average molecular weight is 540 g/mol. The lowest BCUT2D eigenvalue weighted by molar-refractivity contribution is -0.122. The van der Waals surface area contributed by atoms with Gasteiger partial charge in [0.25, 0.3) is 5.56 Å². The molecule has 9 heteroatoms. The molecule has 1 saturated carbocycles. The van der Waals surface area contributed by atoms with E-state index >= 15 is 0 Å². The predicted octanol–water partition coefficient (Wildman–Crippen LogP) is 5.23. The molecular weight excluding hydrogens is 514 g/mol. The molecule has 2 aromatic heterocycles. The number of carboxylic acids is 1. The molecule has 1 aromatic carbocycles. The largest absolute Gasteiger partial charge is 0.477 e. The normalized spacial score (nSPS) is 16.4. The number of ether oxygens (including phenoxy) is 1. The maximum atomic E-state index is 13.5. The number of aromatic carboxylic acids is 1. The lowest BCUT2D eigenvalue weighted by Crippen LogP contribution is -2.32. The molecule has 0 saturated heterocycles. The van der Waals surface area contributed by atoms with Crippen molar-refractivity contribution >= 4 is 40.5 Å². The highest BCUT2D eigenvalue weighted by Gasteiger charge is 2.46. The van der Waals surface area contributed by atoms with Crippen LogP contribution in [0.1, 0.15) is 62.9 Å². The van der Waals surface area contributed by atoms with Gasteiger partial charge in [-0.3, -0.25) is 14.4 Å². The molecule has 1 fully saturated rings. The summed E-state index contributed by atoms with van der Waals surface area (Å²) in [5.41, 5.74) is 2.91. The maximum Gasteiger partial charge on any atom is 0.345 e. The van der Waals surface area contributed by atoms with E-state index in [0.717, 1.165) is 41.7 Å². The molecule has 1 unspecified atom stereocenters. The fourth-order valence-corrected chi connectivity index (χ4v) is 6.13. The van der Waals surface area contributed by atoms with Gasteiger partial charge in [0.1, 0.15) is 4.88 Å². The van der Waals surface area contributed by atoms with E-state index in [1.165, 1.54) is 30.0 Å². The number of carbonyl (C=O) groups excluding carboxylic acids is 2.